The van der Waals surface area contributed by atoms with Gasteiger partial charge in [-0.2, -0.15) is 0 Å². The molecular formula is C24H32N2O4. The number of likely N-dealkylation sites (tertiary alicyclic amines) is 1. The molecule has 0 radical (unpaired) electrons. The number of likely N-dealkylation sites (N-methyl/N-ethyl adjacent to an activating group) is 1. The molecular weight excluding hydrogens is 380 g/mol. The van der Waals surface area contributed by atoms with Crippen LogP contribution < -0.4 is 9.47 Å². The summed E-state index contributed by atoms with van der Waals surface area (Å²) in [5, 5.41) is 10.2. The molecule has 3 rings (SSSR count). The monoisotopic (exact) mass is 412 g/mol. The maximum atomic E-state index is 11.6. The normalized spacial score (nSPS) is 14.9. The number of hydrogen-bond donors (Lipinski definition) is 1. The third-order valence-corrected chi connectivity index (χ3v) is 5.10. The van der Waals surface area contributed by atoms with Crippen molar-refractivity contribution in [1.29, 1.82) is 0 Å². The van der Waals surface area contributed by atoms with E-state index in [1.54, 1.807) is 0 Å². The van der Waals surface area contributed by atoms with Crippen molar-refractivity contribution in [2.75, 3.05) is 39.9 Å². The van der Waals surface area contributed by atoms with Gasteiger partial charge >= 0.3 is 0 Å². The van der Waals surface area contributed by atoms with Crippen LogP contribution in [0.5, 0.6) is 11.5 Å². The lowest BCUT2D eigenvalue weighted by Gasteiger charge is -2.21. The van der Waals surface area contributed by atoms with Crippen molar-refractivity contribution >= 4 is 5.91 Å². The zero-order chi connectivity index (χ0) is 21.2. The molecule has 2 aromatic rings. The van der Waals surface area contributed by atoms with Crippen molar-refractivity contribution in [2.45, 2.75) is 31.9 Å². The van der Waals surface area contributed by atoms with E-state index in [0.717, 1.165) is 49.5 Å². The average molecular weight is 413 g/mol. The van der Waals surface area contributed by atoms with Gasteiger partial charge in [-0.05, 0) is 49.7 Å². The van der Waals surface area contributed by atoms with E-state index in [9.17, 15) is 9.90 Å². The van der Waals surface area contributed by atoms with Crippen molar-refractivity contribution in [3.05, 3.63) is 60.2 Å². The smallest absolute Gasteiger partial charge is 0.222 e. The largest absolute Gasteiger partial charge is 0.494 e. The number of amides is 1. The van der Waals surface area contributed by atoms with Gasteiger partial charge in [0.05, 0.1) is 6.61 Å². The summed E-state index contributed by atoms with van der Waals surface area (Å²) in [4.78, 5) is 15.6. The number of ether oxygens (including phenoxy) is 2. The van der Waals surface area contributed by atoms with Crippen molar-refractivity contribution < 1.29 is 19.4 Å². The van der Waals surface area contributed by atoms with Gasteiger partial charge < -0.3 is 19.5 Å². The number of aliphatic hydroxyl groups excluding tert-OH is 1. The van der Waals surface area contributed by atoms with Gasteiger partial charge in [0, 0.05) is 32.6 Å². The van der Waals surface area contributed by atoms with Gasteiger partial charge in [0.1, 0.15) is 24.2 Å². The van der Waals surface area contributed by atoms with Gasteiger partial charge in [-0.25, -0.2) is 0 Å². The van der Waals surface area contributed by atoms with Crippen molar-refractivity contribution in [3.8, 4) is 11.5 Å². The van der Waals surface area contributed by atoms with E-state index in [2.05, 4.69) is 4.90 Å². The molecule has 6 heteroatoms. The number of aliphatic hydroxyl groups is 1. The van der Waals surface area contributed by atoms with Gasteiger partial charge in [-0.1, -0.05) is 30.3 Å². The Balaban J connectivity index is 1.32. The number of rotatable bonds is 12. The number of benzene rings is 2. The second kappa shape index (κ2) is 11.6. The van der Waals surface area contributed by atoms with Crippen molar-refractivity contribution in [2.24, 2.45) is 0 Å². The van der Waals surface area contributed by atoms with E-state index < -0.39 is 6.10 Å². The maximum absolute atomic E-state index is 11.6. The molecule has 6 nitrogen and oxygen atoms in total. The summed E-state index contributed by atoms with van der Waals surface area (Å²) in [5.74, 6) is 1.87. The van der Waals surface area contributed by atoms with Crippen LogP contribution in [0.3, 0.4) is 0 Å². The molecule has 0 bridgehead atoms. The molecule has 162 valence electrons. The second-order valence-electron chi connectivity index (χ2n) is 7.80. The van der Waals surface area contributed by atoms with Gasteiger partial charge in [0.2, 0.25) is 5.91 Å². The van der Waals surface area contributed by atoms with Crippen LogP contribution in [0, 0.1) is 0 Å². The molecule has 1 aliphatic heterocycles. The lowest BCUT2D eigenvalue weighted by molar-refractivity contribution is -0.127. The highest BCUT2D eigenvalue weighted by Crippen LogP contribution is 2.15. The van der Waals surface area contributed by atoms with Crippen LogP contribution in [0.4, 0.5) is 0 Å². The van der Waals surface area contributed by atoms with E-state index in [1.807, 2.05) is 66.5 Å². The molecule has 1 saturated heterocycles. The Hall–Kier alpha value is -2.57. The van der Waals surface area contributed by atoms with Gasteiger partial charge in [-0.15, -0.1) is 0 Å². The van der Waals surface area contributed by atoms with Gasteiger partial charge in [0.15, 0.2) is 0 Å². The number of carbonyl (C=O) groups is 1. The van der Waals surface area contributed by atoms with E-state index >= 15 is 0 Å². The minimum Gasteiger partial charge on any atom is -0.494 e. The second-order valence-corrected chi connectivity index (χ2v) is 7.80. The van der Waals surface area contributed by atoms with Crippen LogP contribution in [0.2, 0.25) is 0 Å². The Morgan fingerprint density at radius 3 is 2.50 bits per heavy atom. The molecule has 0 spiro atoms. The fourth-order valence-electron chi connectivity index (χ4n) is 3.57. The van der Waals surface area contributed by atoms with Crippen LogP contribution in [0.15, 0.2) is 54.6 Å². The lowest BCUT2D eigenvalue weighted by Crippen LogP contribution is -2.32. The molecule has 0 aromatic heterocycles. The first-order valence-corrected chi connectivity index (χ1v) is 10.6. The highest BCUT2D eigenvalue weighted by Gasteiger charge is 2.19. The highest BCUT2D eigenvalue weighted by molar-refractivity contribution is 5.77. The predicted molar refractivity (Wildman–Crippen MR) is 117 cm³/mol. The summed E-state index contributed by atoms with van der Waals surface area (Å²) in [5.41, 5.74) is 1.16. The Morgan fingerprint density at radius 2 is 1.80 bits per heavy atom. The molecule has 1 atom stereocenters. The van der Waals surface area contributed by atoms with Crippen molar-refractivity contribution in [1.82, 2.24) is 9.80 Å². The first-order chi connectivity index (χ1) is 14.6. The Kier molecular flexibility index (Phi) is 8.53. The average Bonchev–Trinajstić information content (AvgIpc) is 3.16. The topological polar surface area (TPSA) is 62.2 Å². The molecule has 0 saturated carbocycles. The molecule has 0 aliphatic carbocycles. The van der Waals surface area contributed by atoms with Gasteiger partial charge in [0.25, 0.3) is 0 Å². The summed E-state index contributed by atoms with van der Waals surface area (Å²) < 4.78 is 11.4. The Morgan fingerprint density at radius 1 is 1.07 bits per heavy atom. The van der Waals surface area contributed by atoms with Crippen LogP contribution in [-0.2, 0) is 11.3 Å². The number of nitrogens with zero attached hydrogens (tertiary/aromatic N) is 2. The lowest BCUT2D eigenvalue weighted by atomic mass is 10.2. The minimum absolute atomic E-state index is 0.264. The fourth-order valence-corrected chi connectivity index (χ4v) is 3.57. The van der Waals surface area contributed by atoms with Crippen LogP contribution in [0.1, 0.15) is 24.8 Å². The minimum atomic E-state index is -0.555. The van der Waals surface area contributed by atoms with E-state index in [-0.39, 0.29) is 12.5 Å². The summed E-state index contributed by atoms with van der Waals surface area (Å²) in [6.45, 7) is 3.80. The zero-order valence-electron chi connectivity index (χ0n) is 17.7. The molecule has 1 fully saturated rings. The SMILES string of the molecule is CN(Cc1ccc(OCCCN2CCCC2=O)cc1)CC(O)COc1ccccc1. The Bertz CT molecular complexity index is 767. The summed E-state index contributed by atoms with van der Waals surface area (Å²) in [7, 11) is 1.98. The number of hydrogen-bond acceptors (Lipinski definition) is 5. The zero-order valence-corrected chi connectivity index (χ0v) is 17.7. The predicted octanol–water partition coefficient (Wildman–Crippen LogP) is 2.95. The molecule has 1 aliphatic rings. The van der Waals surface area contributed by atoms with Crippen LogP contribution >= 0.6 is 0 Å². The first kappa shape index (κ1) is 22.1. The third-order valence-electron chi connectivity index (χ3n) is 5.10. The summed E-state index contributed by atoms with van der Waals surface area (Å²) in [6, 6.07) is 17.6. The standard InChI is InChI=1S/C24H32N2O4/c1-25(18-21(27)19-30-22-7-3-2-4-8-22)17-20-10-12-23(13-11-20)29-16-6-15-26-14-5-9-24(26)28/h2-4,7-8,10-13,21,27H,5-6,9,14-19H2,1H3. The van der Waals surface area contributed by atoms with E-state index in [1.165, 1.54) is 0 Å². The third kappa shape index (κ3) is 7.35. The van der Waals surface area contributed by atoms with E-state index in [4.69, 9.17) is 9.47 Å². The molecule has 1 N–H and O–H groups in total. The highest BCUT2D eigenvalue weighted by atomic mass is 16.5. The summed E-state index contributed by atoms with van der Waals surface area (Å²) in [6.07, 6.45) is 1.96. The quantitative estimate of drug-likeness (QED) is 0.543. The summed E-state index contributed by atoms with van der Waals surface area (Å²) >= 11 is 0. The number of carbonyl (C=O) groups excluding carboxylic acids is 1. The molecule has 1 heterocycles. The number of para-hydroxylation sites is 1. The van der Waals surface area contributed by atoms with Crippen LogP contribution in [0.25, 0.3) is 0 Å². The molecule has 30 heavy (non-hydrogen) atoms. The van der Waals surface area contributed by atoms with E-state index in [0.29, 0.717) is 19.6 Å². The maximum Gasteiger partial charge on any atom is 0.222 e. The van der Waals surface area contributed by atoms with Gasteiger partial charge in [-0.3, -0.25) is 9.69 Å². The fraction of sp³-hybridized carbons (Fsp3) is 0.458. The molecule has 1 amide bonds. The van der Waals surface area contributed by atoms with Crippen LogP contribution in [-0.4, -0.2) is 66.8 Å². The first-order valence-electron chi connectivity index (χ1n) is 10.6. The van der Waals surface area contributed by atoms with Crippen molar-refractivity contribution in [3.63, 3.8) is 0 Å². The Labute approximate surface area is 179 Å². The molecule has 2 aromatic carbocycles. The molecule has 1 unspecified atom stereocenters.